The second-order valence-electron chi connectivity index (χ2n) is 5.90. The number of hydrogen-bond donors (Lipinski definition) is 2. The first-order chi connectivity index (χ1) is 13.2. The molecule has 5 heteroatoms. The van der Waals surface area contributed by atoms with Crippen molar-refractivity contribution in [1.29, 1.82) is 0 Å². The van der Waals surface area contributed by atoms with Crippen molar-refractivity contribution in [1.82, 2.24) is 0 Å². The van der Waals surface area contributed by atoms with Crippen LogP contribution in [0.3, 0.4) is 0 Å². The molecule has 0 bridgehead atoms. The van der Waals surface area contributed by atoms with E-state index in [4.69, 9.17) is 9.47 Å². The molecule has 0 saturated carbocycles. The topological polar surface area (TPSA) is 59.6 Å². The zero-order valence-corrected chi connectivity index (χ0v) is 15.1. The minimum absolute atomic E-state index is 0.137. The molecule has 0 aliphatic carbocycles. The van der Waals surface area contributed by atoms with Crippen LogP contribution in [0.2, 0.25) is 0 Å². The number of carbonyl (C=O) groups excluding carboxylic acids is 1. The minimum atomic E-state index is -0.141. The molecule has 0 radical (unpaired) electrons. The molecule has 0 aliphatic heterocycles. The van der Waals surface area contributed by atoms with Gasteiger partial charge in [-0.05, 0) is 42.0 Å². The normalized spacial score (nSPS) is 10.1. The van der Waals surface area contributed by atoms with E-state index < -0.39 is 0 Å². The molecule has 0 aromatic heterocycles. The quantitative estimate of drug-likeness (QED) is 0.626. The molecule has 0 saturated heterocycles. The fraction of sp³-hybridized carbons (Fsp3) is 0.136. The second-order valence-corrected chi connectivity index (χ2v) is 5.90. The van der Waals surface area contributed by atoms with Crippen LogP contribution >= 0.6 is 0 Å². The summed E-state index contributed by atoms with van der Waals surface area (Å²) in [6.45, 7) is 0.606. The highest BCUT2D eigenvalue weighted by atomic mass is 16.5. The summed E-state index contributed by atoms with van der Waals surface area (Å²) in [5.41, 5.74) is 2.58. The van der Waals surface area contributed by atoms with Gasteiger partial charge in [-0.25, -0.2) is 0 Å². The van der Waals surface area contributed by atoms with Crippen LogP contribution < -0.4 is 20.1 Å². The van der Waals surface area contributed by atoms with Crippen molar-refractivity contribution >= 4 is 17.3 Å². The van der Waals surface area contributed by atoms with Gasteiger partial charge in [0.2, 0.25) is 5.91 Å². The molecule has 1 amide bonds. The summed E-state index contributed by atoms with van der Waals surface area (Å²) in [4.78, 5) is 12.2. The molecule has 3 aromatic carbocycles. The van der Waals surface area contributed by atoms with E-state index in [0.717, 1.165) is 22.7 Å². The van der Waals surface area contributed by atoms with Gasteiger partial charge in [0, 0.05) is 5.69 Å². The van der Waals surface area contributed by atoms with Crippen LogP contribution in [0, 0.1) is 0 Å². The molecule has 0 heterocycles. The van der Waals surface area contributed by atoms with Crippen LogP contribution in [0.5, 0.6) is 11.5 Å². The monoisotopic (exact) mass is 362 g/mol. The first kappa shape index (κ1) is 18.3. The van der Waals surface area contributed by atoms with Gasteiger partial charge in [0.1, 0.15) is 18.1 Å². The van der Waals surface area contributed by atoms with E-state index >= 15 is 0 Å². The summed E-state index contributed by atoms with van der Waals surface area (Å²) in [5.74, 6) is 1.31. The number of anilines is 2. The van der Waals surface area contributed by atoms with Gasteiger partial charge in [0.15, 0.2) is 0 Å². The van der Waals surface area contributed by atoms with E-state index in [1.54, 1.807) is 31.4 Å². The van der Waals surface area contributed by atoms with Crippen molar-refractivity contribution in [2.24, 2.45) is 0 Å². The summed E-state index contributed by atoms with van der Waals surface area (Å²) in [5, 5.41) is 5.97. The predicted octanol–water partition coefficient (Wildman–Crippen LogP) is 4.32. The van der Waals surface area contributed by atoms with Crippen molar-refractivity contribution in [3.8, 4) is 11.5 Å². The molecule has 3 rings (SSSR count). The van der Waals surface area contributed by atoms with Crippen LogP contribution in [0.15, 0.2) is 78.9 Å². The van der Waals surface area contributed by atoms with Gasteiger partial charge < -0.3 is 20.1 Å². The van der Waals surface area contributed by atoms with Gasteiger partial charge >= 0.3 is 0 Å². The van der Waals surface area contributed by atoms with Crippen LogP contribution in [0.25, 0.3) is 0 Å². The van der Waals surface area contributed by atoms with E-state index in [1.807, 2.05) is 54.6 Å². The van der Waals surface area contributed by atoms with Crippen LogP contribution in [-0.2, 0) is 11.4 Å². The molecule has 0 fully saturated rings. The number of carbonyl (C=O) groups is 1. The van der Waals surface area contributed by atoms with E-state index in [1.165, 1.54) is 0 Å². The van der Waals surface area contributed by atoms with Gasteiger partial charge in [-0.1, -0.05) is 42.5 Å². The lowest BCUT2D eigenvalue weighted by Gasteiger charge is -2.13. The lowest BCUT2D eigenvalue weighted by atomic mass is 10.2. The number of rotatable bonds is 8. The zero-order valence-electron chi connectivity index (χ0n) is 15.1. The number of ether oxygens (including phenoxy) is 2. The first-order valence-corrected chi connectivity index (χ1v) is 8.68. The first-order valence-electron chi connectivity index (χ1n) is 8.68. The lowest BCUT2D eigenvalue weighted by Crippen LogP contribution is -2.22. The Morgan fingerprint density at radius 3 is 2.33 bits per heavy atom. The van der Waals surface area contributed by atoms with E-state index in [2.05, 4.69) is 10.6 Å². The Morgan fingerprint density at radius 1 is 0.889 bits per heavy atom. The molecular formula is C22H22N2O3. The fourth-order valence-electron chi connectivity index (χ4n) is 2.53. The van der Waals surface area contributed by atoms with Gasteiger partial charge in [0.25, 0.3) is 0 Å². The van der Waals surface area contributed by atoms with E-state index in [0.29, 0.717) is 12.4 Å². The average Bonchev–Trinajstić information content (AvgIpc) is 2.72. The van der Waals surface area contributed by atoms with Crippen LogP contribution in [-0.4, -0.2) is 19.6 Å². The maximum atomic E-state index is 12.2. The highest BCUT2D eigenvalue weighted by Crippen LogP contribution is 2.24. The Kier molecular flexibility index (Phi) is 6.30. The van der Waals surface area contributed by atoms with Gasteiger partial charge in [0.05, 0.1) is 19.3 Å². The Hall–Kier alpha value is -3.47. The highest BCUT2D eigenvalue weighted by molar-refractivity contribution is 5.94. The zero-order chi connectivity index (χ0) is 18.9. The lowest BCUT2D eigenvalue weighted by molar-refractivity contribution is -0.114. The number of methoxy groups -OCH3 is 1. The Bertz CT molecular complexity index is 864. The maximum absolute atomic E-state index is 12.2. The largest absolute Gasteiger partial charge is 0.497 e. The predicted molar refractivity (Wildman–Crippen MR) is 107 cm³/mol. The van der Waals surface area contributed by atoms with Crippen molar-refractivity contribution < 1.29 is 14.3 Å². The van der Waals surface area contributed by atoms with Crippen LogP contribution in [0.1, 0.15) is 5.56 Å². The van der Waals surface area contributed by atoms with Gasteiger partial charge in [-0.3, -0.25) is 4.79 Å². The number of hydrogen-bond acceptors (Lipinski definition) is 4. The second kappa shape index (κ2) is 9.29. The van der Waals surface area contributed by atoms with Crippen molar-refractivity contribution in [3.63, 3.8) is 0 Å². The molecule has 0 spiro atoms. The van der Waals surface area contributed by atoms with Crippen LogP contribution in [0.4, 0.5) is 11.4 Å². The molecule has 3 aromatic rings. The van der Waals surface area contributed by atoms with Gasteiger partial charge in [-0.2, -0.15) is 0 Å². The summed E-state index contributed by atoms with van der Waals surface area (Å²) < 4.78 is 11.0. The maximum Gasteiger partial charge on any atom is 0.243 e. The minimum Gasteiger partial charge on any atom is -0.497 e. The summed E-state index contributed by atoms with van der Waals surface area (Å²) in [6.07, 6.45) is 0. The Balaban J connectivity index is 1.54. The van der Waals surface area contributed by atoms with Crippen molar-refractivity contribution in [2.75, 3.05) is 24.3 Å². The third kappa shape index (κ3) is 5.51. The molecular weight excluding hydrogens is 340 g/mol. The van der Waals surface area contributed by atoms with Crippen molar-refractivity contribution in [3.05, 3.63) is 84.4 Å². The fourth-order valence-corrected chi connectivity index (χ4v) is 2.53. The third-order valence-electron chi connectivity index (χ3n) is 3.94. The molecule has 0 unspecified atom stereocenters. The van der Waals surface area contributed by atoms with Crippen molar-refractivity contribution in [2.45, 2.75) is 6.61 Å². The Labute approximate surface area is 158 Å². The molecule has 0 aliphatic rings. The van der Waals surface area contributed by atoms with E-state index in [9.17, 15) is 4.79 Å². The number of amides is 1. The molecule has 27 heavy (non-hydrogen) atoms. The third-order valence-corrected chi connectivity index (χ3v) is 3.94. The standard InChI is InChI=1S/C22H22N2O3/c1-26-19-13-11-18(12-14-19)24-22(25)15-23-20-9-5-6-10-21(20)27-16-17-7-3-2-4-8-17/h2-14,23H,15-16H2,1H3,(H,24,25). The molecule has 2 N–H and O–H groups in total. The Morgan fingerprint density at radius 2 is 1.59 bits per heavy atom. The van der Waals surface area contributed by atoms with E-state index in [-0.39, 0.29) is 12.5 Å². The average molecular weight is 362 g/mol. The smallest absolute Gasteiger partial charge is 0.243 e. The molecule has 0 atom stereocenters. The number of para-hydroxylation sites is 2. The van der Waals surface area contributed by atoms with Gasteiger partial charge in [-0.15, -0.1) is 0 Å². The SMILES string of the molecule is COc1ccc(NC(=O)CNc2ccccc2OCc2ccccc2)cc1. The number of benzene rings is 3. The highest BCUT2D eigenvalue weighted by Gasteiger charge is 2.07. The summed E-state index contributed by atoms with van der Waals surface area (Å²) in [6, 6.07) is 24.7. The molecule has 138 valence electrons. The summed E-state index contributed by atoms with van der Waals surface area (Å²) >= 11 is 0. The molecule has 5 nitrogen and oxygen atoms in total. The number of nitrogens with one attached hydrogen (secondary N) is 2. The summed E-state index contributed by atoms with van der Waals surface area (Å²) in [7, 11) is 1.61.